The molecule has 1 aliphatic carbocycles. The molecule has 0 saturated carbocycles. The van der Waals surface area contributed by atoms with E-state index in [1.54, 1.807) is 0 Å². The van der Waals surface area contributed by atoms with Crippen LogP contribution in [0.4, 0.5) is 0 Å². The van der Waals surface area contributed by atoms with E-state index >= 15 is 0 Å². The summed E-state index contributed by atoms with van der Waals surface area (Å²) in [4.78, 5) is 15.4. The summed E-state index contributed by atoms with van der Waals surface area (Å²) in [5, 5.41) is 5.05. The Hall–Kier alpha value is -6.85. The quantitative estimate of drug-likeness (QED) is 0.176. The summed E-state index contributed by atoms with van der Waals surface area (Å²) in [5.74, 6) is 1.92. The van der Waals surface area contributed by atoms with Crippen LogP contribution < -0.4 is 0 Å². The van der Waals surface area contributed by atoms with Gasteiger partial charge in [-0.2, -0.15) is 0 Å². The summed E-state index contributed by atoms with van der Waals surface area (Å²) in [6.07, 6.45) is 2.35. The Balaban J connectivity index is 1.06. The zero-order valence-electron chi connectivity index (χ0n) is 33.2. The molecule has 0 saturated heterocycles. The third-order valence-corrected chi connectivity index (χ3v) is 12.6. The minimum absolute atomic E-state index is 0.0962. The Morgan fingerprint density at radius 3 is 1.40 bits per heavy atom. The fraction of sp³-hybridized carbons (Fsp3) is 0.151. The molecule has 280 valence electrons. The highest BCUT2D eigenvalue weighted by molar-refractivity contribution is 6.10. The number of nitrogens with zero attached hydrogens (tertiary/aromatic N) is 5. The summed E-state index contributed by atoms with van der Waals surface area (Å²) in [6.45, 7) is 9.62. The normalized spacial score (nSPS) is 14.7. The first-order valence-electron chi connectivity index (χ1n) is 20.3. The van der Waals surface area contributed by atoms with Gasteiger partial charge in [-0.05, 0) is 102 Å². The highest BCUT2D eigenvalue weighted by Gasteiger charge is 2.38. The monoisotopic (exact) mass is 749 g/mol. The van der Waals surface area contributed by atoms with Crippen molar-refractivity contribution in [3.63, 3.8) is 0 Å². The van der Waals surface area contributed by atoms with Crippen molar-refractivity contribution in [3.8, 4) is 45.5 Å². The van der Waals surface area contributed by atoms with Crippen LogP contribution in [0, 0.1) is 0 Å². The van der Waals surface area contributed by atoms with Crippen LogP contribution in [0.5, 0.6) is 0 Å². The van der Waals surface area contributed by atoms with Crippen molar-refractivity contribution in [2.45, 2.75) is 51.4 Å². The molecule has 3 aromatic heterocycles. The Labute approximate surface area is 338 Å². The van der Waals surface area contributed by atoms with Crippen LogP contribution in [0.15, 0.2) is 164 Å². The van der Waals surface area contributed by atoms with Gasteiger partial charge in [0.25, 0.3) is 0 Å². The van der Waals surface area contributed by atoms with E-state index in [4.69, 9.17) is 15.0 Å². The van der Waals surface area contributed by atoms with E-state index in [-0.39, 0.29) is 10.8 Å². The van der Waals surface area contributed by atoms with Crippen LogP contribution in [0.25, 0.3) is 89.2 Å². The third kappa shape index (κ3) is 5.41. The van der Waals surface area contributed by atoms with Gasteiger partial charge in [0.1, 0.15) is 0 Å². The summed E-state index contributed by atoms with van der Waals surface area (Å²) in [5.41, 5.74) is 12.9. The molecule has 1 aliphatic rings. The van der Waals surface area contributed by atoms with Gasteiger partial charge in [0.05, 0.1) is 22.1 Å². The fourth-order valence-corrected chi connectivity index (χ4v) is 9.40. The number of hydrogen-bond acceptors (Lipinski definition) is 3. The van der Waals surface area contributed by atoms with Gasteiger partial charge in [0, 0.05) is 49.6 Å². The first kappa shape index (κ1) is 34.4. The molecule has 5 nitrogen and oxygen atoms in total. The predicted octanol–water partition coefficient (Wildman–Crippen LogP) is 13.4. The number of fused-ring (bicyclic) bond motifs is 7. The maximum absolute atomic E-state index is 5.19. The standard InChI is InChI=1S/C53H43N5/c1-52(2)29-30-53(3,4)44-33-48-42(32-43(44)52)41-21-10-13-24-47(41)58(48)38-18-14-17-36(31-38)51-55-49(34-15-6-5-7-16-34)54-50(56-51)35-25-27-37(28-26-35)57-45-22-11-8-19-39(45)40-20-9-12-23-46(40)57/h5-28,31-33H,29-30H2,1-4H3. The van der Waals surface area contributed by atoms with E-state index in [0.29, 0.717) is 17.5 Å². The molecule has 10 aromatic rings. The average Bonchev–Trinajstić information content (AvgIpc) is 3.78. The molecule has 0 unspecified atom stereocenters. The molecule has 0 amide bonds. The van der Waals surface area contributed by atoms with Crippen LogP contribution in [-0.4, -0.2) is 24.1 Å². The summed E-state index contributed by atoms with van der Waals surface area (Å²) in [6, 6.07) is 58.5. The first-order chi connectivity index (χ1) is 28.2. The van der Waals surface area contributed by atoms with Gasteiger partial charge < -0.3 is 9.13 Å². The van der Waals surface area contributed by atoms with E-state index in [9.17, 15) is 0 Å². The second kappa shape index (κ2) is 12.8. The summed E-state index contributed by atoms with van der Waals surface area (Å²) in [7, 11) is 0. The summed E-state index contributed by atoms with van der Waals surface area (Å²) < 4.78 is 4.76. The Bertz CT molecular complexity index is 3170. The third-order valence-electron chi connectivity index (χ3n) is 12.6. The van der Waals surface area contributed by atoms with E-state index in [1.807, 2.05) is 18.2 Å². The molecule has 3 heterocycles. The van der Waals surface area contributed by atoms with Crippen molar-refractivity contribution in [1.82, 2.24) is 24.1 Å². The van der Waals surface area contributed by atoms with Gasteiger partial charge >= 0.3 is 0 Å². The van der Waals surface area contributed by atoms with Crippen molar-refractivity contribution in [3.05, 3.63) is 175 Å². The lowest BCUT2D eigenvalue weighted by Crippen LogP contribution is -2.33. The number of rotatable bonds is 5. The Morgan fingerprint density at radius 1 is 0.362 bits per heavy atom. The zero-order chi connectivity index (χ0) is 39.2. The maximum Gasteiger partial charge on any atom is 0.164 e. The van der Waals surface area contributed by atoms with Crippen molar-refractivity contribution in [2.24, 2.45) is 0 Å². The van der Waals surface area contributed by atoms with E-state index < -0.39 is 0 Å². The maximum atomic E-state index is 5.19. The van der Waals surface area contributed by atoms with E-state index in [0.717, 1.165) is 28.1 Å². The molecule has 5 heteroatoms. The Kier molecular flexibility index (Phi) is 7.61. The lowest BCUT2D eigenvalue weighted by Gasteiger charge is -2.42. The van der Waals surface area contributed by atoms with E-state index in [2.05, 4.69) is 182 Å². The van der Waals surface area contributed by atoms with Crippen molar-refractivity contribution in [2.75, 3.05) is 0 Å². The molecule has 7 aromatic carbocycles. The van der Waals surface area contributed by atoms with Crippen LogP contribution >= 0.6 is 0 Å². The van der Waals surface area contributed by atoms with Crippen LogP contribution in [0.1, 0.15) is 51.7 Å². The molecule has 11 rings (SSSR count). The van der Waals surface area contributed by atoms with Gasteiger partial charge in [-0.3, -0.25) is 0 Å². The summed E-state index contributed by atoms with van der Waals surface area (Å²) >= 11 is 0. The van der Waals surface area contributed by atoms with Crippen LogP contribution in [-0.2, 0) is 10.8 Å². The van der Waals surface area contributed by atoms with Gasteiger partial charge in [0.2, 0.25) is 0 Å². The molecule has 0 atom stereocenters. The average molecular weight is 750 g/mol. The highest BCUT2D eigenvalue weighted by atomic mass is 15.0. The molecule has 58 heavy (non-hydrogen) atoms. The van der Waals surface area contributed by atoms with Gasteiger partial charge in [-0.15, -0.1) is 0 Å². The fourth-order valence-electron chi connectivity index (χ4n) is 9.40. The lowest BCUT2D eigenvalue weighted by atomic mass is 9.63. The molecular weight excluding hydrogens is 707 g/mol. The second-order valence-corrected chi connectivity index (χ2v) is 17.2. The Morgan fingerprint density at radius 2 is 0.810 bits per heavy atom. The number of para-hydroxylation sites is 3. The lowest BCUT2D eigenvalue weighted by molar-refractivity contribution is 0.332. The molecule has 0 fully saturated rings. The number of aromatic nitrogens is 5. The number of hydrogen-bond donors (Lipinski definition) is 0. The predicted molar refractivity (Wildman–Crippen MR) is 240 cm³/mol. The second-order valence-electron chi connectivity index (χ2n) is 17.2. The molecule has 0 N–H and O–H groups in total. The number of benzene rings is 7. The SMILES string of the molecule is CC1(C)CCC(C)(C)c2cc3c(cc21)c1ccccc1n3-c1cccc(-c2nc(-c3ccccc3)nc(-c3ccc(-n4c5ccccc5c5ccccc54)cc3)n2)c1. The molecule has 0 radical (unpaired) electrons. The first-order valence-corrected chi connectivity index (χ1v) is 20.3. The van der Waals surface area contributed by atoms with Crippen LogP contribution in [0.3, 0.4) is 0 Å². The van der Waals surface area contributed by atoms with Crippen LogP contribution in [0.2, 0.25) is 0 Å². The smallest absolute Gasteiger partial charge is 0.164 e. The van der Waals surface area contributed by atoms with Gasteiger partial charge in [0.15, 0.2) is 17.5 Å². The molecular formula is C53H43N5. The van der Waals surface area contributed by atoms with Crippen molar-refractivity contribution < 1.29 is 0 Å². The highest BCUT2D eigenvalue weighted by Crippen LogP contribution is 2.48. The van der Waals surface area contributed by atoms with Gasteiger partial charge in [-0.1, -0.05) is 125 Å². The molecule has 0 spiro atoms. The minimum Gasteiger partial charge on any atom is -0.309 e. The zero-order valence-corrected chi connectivity index (χ0v) is 33.2. The topological polar surface area (TPSA) is 48.5 Å². The van der Waals surface area contributed by atoms with Crippen molar-refractivity contribution >= 4 is 43.6 Å². The van der Waals surface area contributed by atoms with Crippen molar-refractivity contribution in [1.29, 1.82) is 0 Å². The molecule has 0 bridgehead atoms. The van der Waals surface area contributed by atoms with E-state index in [1.165, 1.54) is 67.6 Å². The molecule has 0 aliphatic heterocycles. The van der Waals surface area contributed by atoms with Gasteiger partial charge in [-0.25, -0.2) is 15.0 Å². The minimum atomic E-state index is 0.0962. The largest absolute Gasteiger partial charge is 0.309 e.